The molecule has 0 heterocycles. The summed E-state index contributed by atoms with van der Waals surface area (Å²) in [6.07, 6.45) is 0. The molecular formula is C15H11IN2O3S. The number of para-hydroxylation sites is 1. The lowest BCUT2D eigenvalue weighted by Gasteiger charge is -2.12. The van der Waals surface area contributed by atoms with Crippen LogP contribution in [0.4, 0.5) is 5.69 Å². The molecule has 0 radical (unpaired) electrons. The molecule has 2 rings (SSSR count). The molecule has 1 amide bonds. The van der Waals surface area contributed by atoms with Crippen LogP contribution in [-0.4, -0.2) is 22.1 Å². The molecule has 0 saturated heterocycles. The Morgan fingerprint density at radius 1 is 1.00 bits per heavy atom. The van der Waals surface area contributed by atoms with Gasteiger partial charge in [-0.1, -0.05) is 24.3 Å². The second-order valence-corrected chi connectivity index (χ2v) is 5.81. The smallest absolute Gasteiger partial charge is 0.337 e. The molecule has 0 atom stereocenters. The fraction of sp³-hybridized carbons (Fsp3) is 0. The standard InChI is InChI=1S/C15H11IN2O3S/c16-11-7-3-1-5-9(11)13(19)18-15(22)17-12-8-4-2-6-10(12)14(20)21/h1-8H,(H,20,21)(H2,17,18,19,22). The molecule has 2 aromatic rings. The van der Waals surface area contributed by atoms with Crippen LogP contribution in [0.1, 0.15) is 20.7 Å². The first-order valence-electron chi connectivity index (χ1n) is 6.18. The number of thiocarbonyl (C=S) groups is 1. The number of aromatic carboxylic acids is 1. The highest BCUT2D eigenvalue weighted by molar-refractivity contribution is 14.1. The number of anilines is 1. The van der Waals surface area contributed by atoms with Gasteiger partial charge in [-0.2, -0.15) is 0 Å². The van der Waals surface area contributed by atoms with E-state index in [0.29, 0.717) is 11.3 Å². The van der Waals surface area contributed by atoms with Crippen LogP contribution in [0.5, 0.6) is 0 Å². The van der Waals surface area contributed by atoms with E-state index in [0.717, 1.165) is 3.57 Å². The highest BCUT2D eigenvalue weighted by Gasteiger charge is 2.13. The third kappa shape index (κ3) is 4.01. The number of nitrogens with one attached hydrogen (secondary N) is 2. The van der Waals surface area contributed by atoms with E-state index >= 15 is 0 Å². The zero-order valence-corrected chi connectivity index (χ0v) is 14.1. The zero-order valence-electron chi connectivity index (χ0n) is 11.2. The second-order valence-electron chi connectivity index (χ2n) is 4.24. The number of hydrogen-bond donors (Lipinski definition) is 3. The van der Waals surface area contributed by atoms with Gasteiger partial charge in [-0.25, -0.2) is 4.79 Å². The van der Waals surface area contributed by atoms with Crippen LogP contribution in [0, 0.1) is 3.57 Å². The van der Waals surface area contributed by atoms with Gasteiger partial charge in [0.25, 0.3) is 5.91 Å². The molecule has 0 aromatic heterocycles. The molecule has 0 aliphatic rings. The van der Waals surface area contributed by atoms with Crippen molar-refractivity contribution < 1.29 is 14.7 Å². The van der Waals surface area contributed by atoms with Gasteiger partial charge in [-0.3, -0.25) is 10.1 Å². The predicted molar refractivity (Wildman–Crippen MR) is 96.2 cm³/mol. The third-order valence-electron chi connectivity index (χ3n) is 2.75. The Balaban J connectivity index is 2.10. The second kappa shape index (κ2) is 7.32. The molecule has 3 N–H and O–H groups in total. The first kappa shape index (κ1) is 16.4. The van der Waals surface area contributed by atoms with E-state index in [2.05, 4.69) is 33.2 Å². The maximum absolute atomic E-state index is 12.1. The fourth-order valence-corrected chi connectivity index (χ4v) is 2.58. The van der Waals surface area contributed by atoms with E-state index < -0.39 is 5.97 Å². The van der Waals surface area contributed by atoms with Gasteiger partial charge in [0.1, 0.15) is 0 Å². The number of carbonyl (C=O) groups is 2. The number of benzene rings is 2. The Bertz CT molecular complexity index is 749. The molecule has 0 spiro atoms. The van der Waals surface area contributed by atoms with Crippen LogP contribution < -0.4 is 10.6 Å². The highest BCUT2D eigenvalue weighted by Crippen LogP contribution is 2.15. The van der Waals surface area contributed by atoms with Crippen LogP contribution in [0.15, 0.2) is 48.5 Å². The van der Waals surface area contributed by atoms with Crippen molar-refractivity contribution >= 4 is 57.5 Å². The fourth-order valence-electron chi connectivity index (χ4n) is 1.75. The molecule has 5 nitrogen and oxygen atoms in total. The quantitative estimate of drug-likeness (QED) is 0.520. The van der Waals surface area contributed by atoms with Gasteiger partial charge in [0.05, 0.1) is 16.8 Å². The summed E-state index contributed by atoms with van der Waals surface area (Å²) in [5.74, 6) is -1.43. The lowest BCUT2D eigenvalue weighted by atomic mass is 10.2. The molecule has 0 bridgehead atoms. The predicted octanol–water partition coefficient (Wildman–Crippen LogP) is 3.12. The summed E-state index contributed by atoms with van der Waals surface area (Å²) in [6.45, 7) is 0. The molecule has 112 valence electrons. The van der Waals surface area contributed by atoms with Crippen molar-refractivity contribution in [2.75, 3.05) is 5.32 Å². The van der Waals surface area contributed by atoms with Crippen LogP contribution in [0.3, 0.4) is 0 Å². The van der Waals surface area contributed by atoms with E-state index in [4.69, 9.17) is 17.3 Å². The van der Waals surface area contributed by atoms with Crippen molar-refractivity contribution in [3.8, 4) is 0 Å². The van der Waals surface area contributed by atoms with Crippen LogP contribution >= 0.6 is 34.8 Å². The van der Waals surface area contributed by atoms with Crippen molar-refractivity contribution in [1.29, 1.82) is 0 Å². The number of carbonyl (C=O) groups excluding carboxylic acids is 1. The van der Waals surface area contributed by atoms with Crippen molar-refractivity contribution in [3.05, 3.63) is 63.2 Å². The molecule has 2 aromatic carbocycles. The summed E-state index contributed by atoms with van der Waals surface area (Å²) in [4.78, 5) is 23.2. The highest BCUT2D eigenvalue weighted by atomic mass is 127. The Morgan fingerprint density at radius 2 is 1.59 bits per heavy atom. The number of rotatable bonds is 3. The lowest BCUT2D eigenvalue weighted by molar-refractivity contribution is 0.0698. The molecular weight excluding hydrogens is 415 g/mol. The molecule has 7 heteroatoms. The number of halogens is 1. The zero-order chi connectivity index (χ0) is 16.1. The van der Waals surface area contributed by atoms with Gasteiger partial charge in [0.15, 0.2) is 5.11 Å². The van der Waals surface area contributed by atoms with Crippen LogP contribution in [0.25, 0.3) is 0 Å². The van der Waals surface area contributed by atoms with Crippen molar-refractivity contribution in [1.82, 2.24) is 5.32 Å². The van der Waals surface area contributed by atoms with E-state index in [1.54, 1.807) is 30.3 Å². The molecule has 0 aliphatic carbocycles. The normalized spacial score (nSPS) is 9.86. The first-order valence-corrected chi connectivity index (χ1v) is 7.67. The monoisotopic (exact) mass is 426 g/mol. The van der Waals surface area contributed by atoms with Crippen molar-refractivity contribution in [3.63, 3.8) is 0 Å². The van der Waals surface area contributed by atoms with E-state index in [9.17, 15) is 9.59 Å². The maximum atomic E-state index is 12.1. The molecule has 22 heavy (non-hydrogen) atoms. The molecule has 0 unspecified atom stereocenters. The lowest BCUT2D eigenvalue weighted by Crippen LogP contribution is -2.34. The number of carboxylic acids is 1. The van der Waals surface area contributed by atoms with E-state index in [-0.39, 0.29) is 16.6 Å². The van der Waals surface area contributed by atoms with Gasteiger partial charge >= 0.3 is 5.97 Å². The molecule has 0 aliphatic heterocycles. The van der Waals surface area contributed by atoms with Crippen molar-refractivity contribution in [2.24, 2.45) is 0 Å². The SMILES string of the molecule is O=C(NC(=S)Nc1ccccc1C(=O)O)c1ccccc1I. The summed E-state index contributed by atoms with van der Waals surface area (Å²) >= 11 is 7.12. The van der Waals surface area contributed by atoms with Crippen molar-refractivity contribution in [2.45, 2.75) is 0 Å². The summed E-state index contributed by atoms with van der Waals surface area (Å²) in [5.41, 5.74) is 0.898. The summed E-state index contributed by atoms with van der Waals surface area (Å²) in [6, 6.07) is 13.4. The van der Waals surface area contributed by atoms with Gasteiger partial charge < -0.3 is 10.4 Å². The van der Waals surface area contributed by atoms with Gasteiger partial charge in [0, 0.05) is 3.57 Å². The largest absolute Gasteiger partial charge is 0.478 e. The summed E-state index contributed by atoms with van der Waals surface area (Å²) in [7, 11) is 0. The Labute approximate surface area is 145 Å². The summed E-state index contributed by atoms with van der Waals surface area (Å²) < 4.78 is 0.798. The van der Waals surface area contributed by atoms with Crippen LogP contribution in [0.2, 0.25) is 0 Å². The maximum Gasteiger partial charge on any atom is 0.337 e. The molecule has 0 fully saturated rings. The number of hydrogen-bond acceptors (Lipinski definition) is 3. The van der Waals surface area contributed by atoms with Gasteiger partial charge in [0.2, 0.25) is 0 Å². The summed E-state index contributed by atoms with van der Waals surface area (Å²) in [5, 5.41) is 14.4. The number of carboxylic acid groups (broad SMARTS) is 1. The first-order chi connectivity index (χ1) is 10.5. The Kier molecular flexibility index (Phi) is 5.45. The minimum absolute atomic E-state index is 0.0401. The van der Waals surface area contributed by atoms with Gasteiger partial charge in [-0.05, 0) is 59.1 Å². The topological polar surface area (TPSA) is 78.4 Å². The average Bonchev–Trinajstić information content (AvgIpc) is 2.47. The Hall–Kier alpha value is -2.00. The third-order valence-corrected chi connectivity index (χ3v) is 3.90. The van der Waals surface area contributed by atoms with E-state index in [1.807, 2.05) is 12.1 Å². The minimum Gasteiger partial charge on any atom is -0.478 e. The molecule has 0 saturated carbocycles. The average molecular weight is 426 g/mol. The Morgan fingerprint density at radius 3 is 2.23 bits per heavy atom. The van der Waals surface area contributed by atoms with Gasteiger partial charge in [-0.15, -0.1) is 0 Å². The number of amides is 1. The van der Waals surface area contributed by atoms with E-state index in [1.165, 1.54) is 6.07 Å². The minimum atomic E-state index is -1.07. The van der Waals surface area contributed by atoms with Crippen LogP contribution in [-0.2, 0) is 0 Å².